The molecule has 12 heteroatoms. The second-order valence-electron chi connectivity index (χ2n) is 15.2. The highest BCUT2D eigenvalue weighted by Crippen LogP contribution is 2.35. The van der Waals surface area contributed by atoms with Gasteiger partial charge in [0.25, 0.3) is 0 Å². The summed E-state index contributed by atoms with van der Waals surface area (Å²) in [5.41, 5.74) is 9.16. The van der Waals surface area contributed by atoms with E-state index in [1.54, 1.807) is 0 Å². The van der Waals surface area contributed by atoms with E-state index in [2.05, 4.69) is 36.4 Å². The zero-order valence-electron chi connectivity index (χ0n) is 39.7. The summed E-state index contributed by atoms with van der Waals surface area (Å²) in [6.45, 7) is 10.0. The van der Waals surface area contributed by atoms with Gasteiger partial charge in [0.2, 0.25) is 11.4 Å². The summed E-state index contributed by atoms with van der Waals surface area (Å²) in [4.78, 5) is 0. The van der Waals surface area contributed by atoms with Gasteiger partial charge in [-0.15, -0.1) is 0 Å². The van der Waals surface area contributed by atoms with Gasteiger partial charge in [0.15, 0.2) is 23.0 Å². The molecule has 0 spiro atoms. The summed E-state index contributed by atoms with van der Waals surface area (Å²) in [6.07, 6.45) is 11.8. The molecule has 2 aliphatic rings. The first-order chi connectivity index (χ1) is 34.1. The van der Waals surface area contributed by atoms with E-state index < -0.39 is 7.40 Å². The monoisotopic (exact) mass is 938 g/mol. The predicted octanol–water partition coefficient (Wildman–Crippen LogP) is 7.80. The van der Waals surface area contributed by atoms with Crippen LogP contribution >= 0.6 is 0 Å². The van der Waals surface area contributed by atoms with Crippen molar-refractivity contribution in [1.82, 2.24) is 0 Å². The summed E-state index contributed by atoms with van der Waals surface area (Å²) in [5, 5.41) is 29.6. The Morgan fingerprint density at radius 1 is 0.457 bits per heavy atom. The molecule has 6 aromatic carbocycles. The molecule has 6 aromatic rings. The third-order valence-electron chi connectivity index (χ3n) is 10.3. The van der Waals surface area contributed by atoms with E-state index in [1.165, 1.54) is 0 Å². The summed E-state index contributed by atoms with van der Waals surface area (Å²) < 4.78 is 45.2. The first kappa shape index (κ1) is 51.2. The third-order valence-corrected chi connectivity index (χ3v) is 10.3. The van der Waals surface area contributed by atoms with Crippen LogP contribution in [0.4, 0.5) is 4.32 Å². The fourth-order valence-electron chi connectivity index (χ4n) is 7.20. The predicted molar refractivity (Wildman–Crippen MR) is 273 cm³/mol. The van der Waals surface area contributed by atoms with Crippen LogP contribution in [0.3, 0.4) is 0 Å². The van der Waals surface area contributed by atoms with Crippen molar-refractivity contribution in [2.45, 2.75) is 27.7 Å². The molecule has 0 aliphatic carbocycles. The summed E-state index contributed by atoms with van der Waals surface area (Å²) in [7, 11) is -3.17. The highest BCUT2D eigenvalue weighted by molar-refractivity contribution is 6.27. The molecule has 2 aliphatic heterocycles. The Balaban J connectivity index is 0.000000213. The maximum atomic E-state index is 9.89. The lowest BCUT2D eigenvalue weighted by molar-refractivity contribution is -0.366. The van der Waals surface area contributed by atoms with Crippen LogP contribution < -0.4 is 39.8 Å². The van der Waals surface area contributed by atoms with E-state index in [0.717, 1.165) is 56.0 Å². The van der Waals surface area contributed by atoms with Crippen LogP contribution in [0.15, 0.2) is 206 Å². The van der Waals surface area contributed by atoms with Crippen molar-refractivity contribution in [2.24, 2.45) is 0 Å². The van der Waals surface area contributed by atoms with Crippen molar-refractivity contribution in [3.63, 3.8) is 0 Å². The number of ether oxygens (including phenoxy) is 6. The van der Waals surface area contributed by atoms with E-state index >= 15 is 0 Å². The molecular weight excluding hydrogens is 882 g/mol. The molecule has 0 atom stereocenters. The Kier molecular flexibility index (Phi) is 19.3. The van der Waals surface area contributed by atoms with Crippen LogP contribution in [-0.2, 0) is 9.47 Å². The second-order valence-corrected chi connectivity index (χ2v) is 15.2. The minimum absolute atomic E-state index is 0.544. The lowest BCUT2D eigenvalue weighted by Gasteiger charge is -2.18. The molecule has 0 amide bonds. The van der Waals surface area contributed by atoms with E-state index in [1.807, 2.05) is 185 Å². The van der Waals surface area contributed by atoms with Gasteiger partial charge < -0.3 is 42.8 Å². The van der Waals surface area contributed by atoms with Crippen LogP contribution in [0.2, 0.25) is 0 Å². The molecule has 0 saturated heterocycles. The van der Waals surface area contributed by atoms with Gasteiger partial charge in [-0.2, -0.15) is 0 Å². The van der Waals surface area contributed by atoms with Crippen LogP contribution in [0.5, 0.6) is 23.0 Å². The lowest BCUT2D eigenvalue weighted by atomic mass is 10.00. The first-order valence-electron chi connectivity index (χ1n) is 23.0. The maximum Gasteiger partial charge on any atom is 0.207 e. The van der Waals surface area contributed by atoms with Gasteiger partial charge in [-0.1, -0.05) is 121 Å². The molecule has 0 fully saturated rings. The smallest absolute Gasteiger partial charge is 0.207 e. The number of halogens is 1. The fourth-order valence-corrected chi connectivity index (χ4v) is 7.20. The van der Waals surface area contributed by atoms with Crippen molar-refractivity contribution in [3.8, 4) is 23.0 Å². The van der Waals surface area contributed by atoms with E-state index in [0.29, 0.717) is 72.4 Å². The molecule has 2 heterocycles. The Hall–Kier alpha value is -8.19. The number of hydrogen-bond donors (Lipinski definition) is 2. The summed E-state index contributed by atoms with van der Waals surface area (Å²) in [5.74, 6) is 5.65. The van der Waals surface area contributed by atoms with Gasteiger partial charge in [0.05, 0.1) is 38.6 Å². The Labute approximate surface area is 409 Å². The van der Waals surface area contributed by atoms with Crippen molar-refractivity contribution in [1.29, 1.82) is 0 Å². The molecule has 0 unspecified atom stereocenters. The van der Waals surface area contributed by atoms with Crippen molar-refractivity contribution in [3.05, 3.63) is 239 Å². The SMILES string of the molecule is CCOc1ccc(C(=[NH2+])C=C2C=C(c3ccccc3)C=C(c3ccccc3)O2)cc1OCC.CCOc1ccc(C(=[NH2+])C=C2C=C(c3ccccc3)C=C(c3ccccc3)O2)cc1OCC.[O-]B([O-])F. The molecule has 70 heavy (non-hydrogen) atoms. The molecule has 8 rings (SSSR count). The minimum atomic E-state index is -3.17. The number of hydrogen-bond acceptors (Lipinski definition) is 8. The van der Waals surface area contributed by atoms with Crippen LogP contribution in [0, 0.1) is 0 Å². The summed E-state index contributed by atoms with van der Waals surface area (Å²) in [6, 6.07) is 52.0. The van der Waals surface area contributed by atoms with Gasteiger partial charge >= 0.3 is 0 Å². The molecule has 0 aromatic heterocycles. The lowest BCUT2D eigenvalue weighted by Crippen LogP contribution is -2.39. The van der Waals surface area contributed by atoms with Gasteiger partial charge in [-0.3, -0.25) is 10.8 Å². The van der Waals surface area contributed by atoms with E-state index in [4.69, 9.17) is 49.3 Å². The number of allylic oxidation sites excluding steroid dienone is 8. The largest absolute Gasteiger partial charge is 0.867 e. The molecule has 0 radical (unpaired) electrons. The van der Waals surface area contributed by atoms with Crippen LogP contribution in [0.25, 0.3) is 22.7 Å². The number of nitrogens with two attached hydrogens (primary N) is 2. The molecule has 4 N–H and O–H groups in total. The van der Waals surface area contributed by atoms with Crippen molar-refractivity contribution < 1.29 is 53.6 Å². The van der Waals surface area contributed by atoms with Gasteiger partial charge in [0.1, 0.15) is 30.4 Å². The first-order valence-corrected chi connectivity index (χ1v) is 23.0. The van der Waals surface area contributed by atoms with Gasteiger partial charge in [-0.25, -0.2) is 0 Å². The Morgan fingerprint density at radius 3 is 1.07 bits per heavy atom. The maximum absolute atomic E-state index is 9.89. The van der Waals surface area contributed by atoms with Crippen LogP contribution in [0.1, 0.15) is 61.1 Å². The Bertz CT molecular complexity index is 2680. The average Bonchev–Trinajstić information content (AvgIpc) is 3.38. The molecule has 0 saturated carbocycles. The Morgan fingerprint density at radius 2 is 0.757 bits per heavy atom. The third kappa shape index (κ3) is 14.9. The second kappa shape index (κ2) is 26.4. The van der Waals surface area contributed by atoms with Gasteiger partial charge in [0, 0.05) is 22.3 Å². The molecule has 356 valence electrons. The minimum Gasteiger partial charge on any atom is -0.867 e. The molecule has 10 nitrogen and oxygen atoms in total. The highest BCUT2D eigenvalue weighted by atomic mass is 19.1. The number of rotatable bonds is 16. The quantitative estimate of drug-likeness (QED) is 0.0737. The van der Waals surface area contributed by atoms with Gasteiger partial charge in [-0.05, 0) is 111 Å². The number of benzene rings is 6. The average molecular weight is 939 g/mol. The molecular formula is C58H56BFN2O8. The molecule has 0 bridgehead atoms. The fraction of sp³-hybridized carbons (Fsp3) is 0.138. The van der Waals surface area contributed by atoms with E-state index in [9.17, 15) is 4.32 Å². The highest BCUT2D eigenvalue weighted by Gasteiger charge is 2.20. The zero-order valence-corrected chi connectivity index (χ0v) is 39.7. The van der Waals surface area contributed by atoms with Crippen LogP contribution in [-0.4, -0.2) is 45.2 Å². The topological polar surface area (TPSA) is 153 Å². The van der Waals surface area contributed by atoms with Crippen molar-refractivity contribution in [2.75, 3.05) is 26.4 Å². The standard InChI is InChI=1S/2C29H27NO3.BFO2/c2*1-3-31-27-16-15-23(18-29(27)32-4-2)26(30)20-25-17-24(21-11-7-5-8-12-21)19-28(33-25)22-13-9-6-10-14-22;2-1(3)4/h2*5-20,30H,3-4H2,1-2H3;/q;;-2/p+2. The zero-order chi connectivity index (χ0) is 49.7. The summed E-state index contributed by atoms with van der Waals surface area (Å²) >= 11 is 0. The van der Waals surface area contributed by atoms with Crippen molar-refractivity contribution >= 4 is 41.5 Å². The van der Waals surface area contributed by atoms with E-state index in [-0.39, 0.29) is 0 Å². The normalized spacial score (nSPS) is 13.8.